The maximum absolute atomic E-state index is 12.3. The first kappa shape index (κ1) is 22.1. The van der Waals surface area contributed by atoms with Gasteiger partial charge in [-0.2, -0.15) is 0 Å². The lowest BCUT2D eigenvalue weighted by Gasteiger charge is -2.62. The molecule has 0 bridgehead atoms. The lowest BCUT2D eigenvalue weighted by Crippen LogP contribution is -2.59. The van der Waals surface area contributed by atoms with E-state index in [-0.39, 0.29) is 46.8 Å². The quantitative estimate of drug-likeness (QED) is 0.687. The van der Waals surface area contributed by atoms with Crippen LogP contribution in [0.3, 0.4) is 0 Å². The van der Waals surface area contributed by atoms with E-state index in [1.807, 2.05) is 6.92 Å². The van der Waals surface area contributed by atoms with Crippen LogP contribution < -0.4 is 0 Å². The highest BCUT2D eigenvalue weighted by atomic mass is 16.5. The van der Waals surface area contributed by atoms with Crippen molar-refractivity contribution in [1.29, 1.82) is 0 Å². The fourth-order valence-electron chi connectivity index (χ4n) is 8.90. The Morgan fingerprint density at radius 1 is 1.07 bits per heavy atom. The standard InChI is InChI=1S/C25H40O5/c1-14(23(28)29-5)19-8-9-20-18-7-6-16-12-17(30-15(2)26)10-11-24(16,3)22(18)21(27)13-25(19,20)4/h14,16-22,27H,6-13H2,1-5H3/t14-,16-,17-,18+,19+,20-,21-,22+,24+,25-/m1/s1. The molecule has 4 saturated carbocycles. The molecule has 0 aliphatic heterocycles. The molecule has 0 saturated heterocycles. The van der Waals surface area contributed by atoms with Crippen LogP contribution in [-0.2, 0) is 19.1 Å². The average molecular weight is 421 g/mol. The molecule has 4 aliphatic rings. The molecule has 0 heterocycles. The third-order valence-electron chi connectivity index (χ3n) is 10.1. The molecule has 0 aromatic heterocycles. The van der Waals surface area contributed by atoms with E-state index >= 15 is 0 Å². The molecule has 0 amide bonds. The molecule has 0 unspecified atom stereocenters. The largest absolute Gasteiger partial charge is 0.469 e. The fraction of sp³-hybridized carbons (Fsp3) is 0.920. The molecule has 4 fully saturated rings. The van der Waals surface area contributed by atoms with Gasteiger partial charge in [-0.15, -0.1) is 0 Å². The number of ether oxygens (including phenoxy) is 2. The van der Waals surface area contributed by atoms with Gasteiger partial charge in [-0.1, -0.05) is 20.8 Å². The molecule has 1 N–H and O–H groups in total. The fourth-order valence-corrected chi connectivity index (χ4v) is 8.90. The Bertz CT molecular complexity index is 691. The summed E-state index contributed by atoms with van der Waals surface area (Å²) in [6.07, 6.45) is 7.91. The Kier molecular flexibility index (Phi) is 5.74. The number of methoxy groups -OCH3 is 1. The summed E-state index contributed by atoms with van der Waals surface area (Å²) >= 11 is 0. The van der Waals surface area contributed by atoms with Crippen LogP contribution in [0, 0.1) is 46.3 Å². The summed E-state index contributed by atoms with van der Waals surface area (Å²) in [4.78, 5) is 23.8. The predicted molar refractivity (Wildman–Crippen MR) is 113 cm³/mol. The second-order valence-corrected chi connectivity index (χ2v) is 11.4. The van der Waals surface area contributed by atoms with E-state index in [4.69, 9.17) is 9.47 Å². The van der Waals surface area contributed by atoms with Crippen molar-refractivity contribution in [2.24, 2.45) is 46.3 Å². The third kappa shape index (κ3) is 3.30. The summed E-state index contributed by atoms with van der Waals surface area (Å²) in [6.45, 7) is 8.24. The molecule has 4 rings (SSSR count). The van der Waals surface area contributed by atoms with Crippen LogP contribution >= 0.6 is 0 Å². The maximum atomic E-state index is 12.3. The van der Waals surface area contributed by atoms with Crippen molar-refractivity contribution < 1.29 is 24.2 Å². The number of esters is 2. The minimum Gasteiger partial charge on any atom is -0.469 e. The first-order chi connectivity index (χ1) is 14.1. The number of aliphatic hydroxyl groups is 1. The van der Waals surface area contributed by atoms with Gasteiger partial charge in [0.05, 0.1) is 19.1 Å². The molecule has 10 atom stereocenters. The molecule has 30 heavy (non-hydrogen) atoms. The molecule has 0 radical (unpaired) electrons. The number of aliphatic hydroxyl groups excluding tert-OH is 1. The van der Waals surface area contributed by atoms with Gasteiger partial charge in [0.1, 0.15) is 6.10 Å². The van der Waals surface area contributed by atoms with Crippen LogP contribution in [0.5, 0.6) is 0 Å². The number of carbonyl (C=O) groups is 2. The lowest BCUT2D eigenvalue weighted by molar-refractivity contribution is -0.187. The number of carbonyl (C=O) groups excluding carboxylic acids is 2. The third-order valence-corrected chi connectivity index (χ3v) is 10.1. The van der Waals surface area contributed by atoms with E-state index in [0.29, 0.717) is 23.7 Å². The van der Waals surface area contributed by atoms with E-state index in [0.717, 1.165) is 51.4 Å². The first-order valence-corrected chi connectivity index (χ1v) is 12.0. The van der Waals surface area contributed by atoms with Gasteiger partial charge in [-0.25, -0.2) is 0 Å². The van der Waals surface area contributed by atoms with Crippen LogP contribution in [-0.4, -0.2) is 36.4 Å². The number of fused-ring (bicyclic) bond motifs is 5. The van der Waals surface area contributed by atoms with Gasteiger partial charge < -0.3 is 14.6 Å². The molecule has 4 aliphatic carbocycles. The van der Waals surface area contributed by atoms with Crippen LogP contribution in [0.15, 0.2) is 0 Å². The van der Waals surface area contributed by atoms with E-state index < -0.39 is 0 Å². The van der Waals surface area contributed by atoms with Gasteiger partial charge in [0.25, 0.3) is 0 Å². The number of hydrogen-bond donors (Lipinski definition) is 1. The molecule has 0 aromatic carbocycles. The smallest absolute Gasteiger partial charge is 0.308 e. The summed E-state index contributed by atoms with van der Waals surface area (Å²) < 4.78 is 10.6. The molecule has 5 heteroatoms. The second-order valence-electron chi connectivity index (χ2n) is 11.4. The average Bonchev–Trinajstić information content (AvgIpc) is 3.02. The number of rotatable bonds is 3. The maximum Gasteiger partial charge on any atom is 0.308 e. The normalized spacial score (nSPS) is 48.7. The van der Waals surface area contributed by atoms with Crippen molar-refractivity contribution in [2.45, 2.75) is 91.3 Å². The Hall–Kier alpha value is -1.10. The zero-order valence-electron chi connectivity index (χ0n) is 19.4. The minimum absolute atomic E-state index is 0.00628. The van der Waals surface area contributed by atoms with Crippen LogP contribution in [0.2, 0.25) is 0 Å². The van der Waals surface area contributed by atoms with Crippen molar-refractivity contribution in [3.8, 4) is 0 Å². The molecule has 0 spiro atoms. The van der Waals surface area contributed by atoms with E-state index in [1.54, 1.807) is 0 Å². The Morgan fingerprint density at radius 3 is 2.47 bits per heavy atom. The highest BCUT2D eigenvalue weighted by molar-refractivity contribution is 5.72. The SMILES string of the molecule is COC(=O)[C@H](C)[C@@H]1CC[C@@H]2[C@@H]3CC[C@@H]4C[C@H](OC(C)=O)CC[C@]4(C)[C@@H]3[C@H](O)C[C@@]21C. The lowest BCUT2D eigenvalue weighted by atomic mass is 9.43. The summed E-state index contributed by atoms with van der Waals surface area (Å²) in [5, 5.41) is 11.5. The summed E-state index contributed by atoms with van der Waals surface area (Å²) in [6, 6.07) is 0. The van der Waals surface area contributed by atoms with Crippen LogP contribution in [0.25, 0.3) is 0 Å². The van der Waals surface area contributed by atoms with Crippen molar-refractivity contribution in [3.05, 3.63) is 0 Å². The van der Waals surface area contributed by atoms with Crippen LogP contribution in [0.1, 0.15) is 79.1 Å². The van der Waals surface area contributed by atoms with Gasteiger partial charge >= 0.3 is 11.9 Å². The van der Waals surface area contributed by atoms with E-state index in [2.05, 4.69) is 13.8 Å². The van der Waals surface area contributed by atoms with Crippen molar-refractivity contribution >= 4 is 11.9 Å². The zero-order valence-corrected chi connectivity index (χ0v) is 19.4. The van der Waals surface area contributed by atoms with Gasteiger partial charge in [0.15, 0.2) is 0 Å². The molecular weight excluding hydrogens is 380 g/mol. The molecular formula is C25H40O5. The highest BCUT2D eigenvalue weighted by Gasteiger charge is 2.64. The molecule has 5 nitrogen and oxygen atoms in total. The topological polar surface area (TPSA) is 72.8 Å². The number of hydrogen-bond acceptors (Lipinski definition) is 5. The first-order valence-electron chi connectivity index (χ1n) is 12.0. The van der Waals surface area contributed by atoms with Gasteiger partial charge in [-0.3, -0.25) is 9.59 Å². The van der Waals surface area contributed by atoms with E-state index in [9.17, 15) is 14.7 Å². The minimum atomic E-state index is -0.320. The summed E-state index contributed by atoms with van der Waals surface area (Å²) in [5.41, 5.74) is 0.124. The van der Waals surface area contributed by atoms with Gasteiger partial charge in [0, 0.05) is 6.92 Å². The molecule has 170 valence electrons. The Labute approximate surface area is 181 Å². The summed E-state index contributed by atoms with van der Waals surface area (Å²) in [7, 11) is 1.48. The Balaban J connectivity index is 1.56. The predicted octanol–water partition coefficient (Wildman–Crippen LogP) is 4.36. The zero-order chi connectivity index (χ0) is 21.8. The van der Waals surface area contributed by atoms with Crippen LogP contribution in [0.4, 0.5) is 0 Å². The highest BCUT2D eigenvalue weighted by Crippen LogP contribution is 2.68. The second kappa shape index (κ2) is 7.79. The molecule has 0 aromatic rings. The van der Waals surface area contributed by atoms with Gasteiger partial charge in [-0.05, 0) is 91.8 Å². The van der Waals surface area contributed by atoms with Crippen molar-refractivity contribution in [3.63, 3.8) is 0 Å². The van der Waals surface area contributed by atoms with Gasteiger partial charge in [0.2, 0.25) is 0 Å². The van der Waals surface area contributed by atoms with Crippen molar-refractivity contribution in [1.82, 2.24) is 0 Å². The monoisotopic (exact) mass is 420 g/mol. The van der Waals surface area contributed by atoms with Crippen molar-refractivity contribution in [2.75, 3.05) is 7.11 Å². The Morgan fingerprint density at radius 2 is 1.80 bits per heavy atom. The van der Waals surface area contributed by atoms with E-state index in [1.165, 1.54) is 14.0 Å². The summed E-state index contributed by atoms with van der Waals surface area (Å²) in [5.74, 6) is 1.82.